The molecule has 3 atom stereocenters. The first kappa shape index (κ1) is 35.7. The molecule has 4 nitrogen and oxygen atoms in total. The highest BCUT2D eigenvalue weighted by atomic mass is 16.5. The third-order valence-corrected chi connectivity index (χ3v) is 5.83. The van der Waals surface area contributed by atoms with Crippen molar-refractivity contribution in [1.82, 2.24) is 0 Å². The fourth-order valence-electron chi connectivity index (χ4n) is 2.90. The lowest BCUT2D eigenvalue weighted by atomic mass is 9.88. The maximum atomic E-state index is 9.41. The second kappa shape index (κ2) is 20.7. The van der Waals surface area contributed by atoms with E-state index < -0.39 is 0 Å². The SMILES string of the molecule is C=C(/C=C\C(=C)C(=C)/C(=C\C(=C)C(C)CCC(C)C(C)OCC(C)C)CCOC)OC.C=C(C)C=O. The predicted octanol–water partition coefficient (Wildman–Crippen LogP) is 8.21. The van der Waals surface area contributed by atoms with E-state index in [4.69, 9.17) is 14.2 Å². The summed E-state index contributed by atoms with van der Waals surface area (Å²) < 4.78 is 16.4. The number of rotatable bonds is 18. The number of ether oxygens (including phenoxy) is 3. The van der Waals surface area contributed by atoms with Crippen LogP contribution in [0.2, 0.25) is 0 Å². The Morgan fingerprint density at radius 2 is 1.50 bits per heavy atom. The van der Waals surface area contributed by atoms with Crippen LogP contribution in [0.3, 0.4) is 0 Å². The average molecular weight is 501 g/mol. The molecule has 0 N–H and O–H groups in total. The van der Waals surface area contributed by atoms with Gasteiger partial charge in [-0.3, -0.25) is 4.79 Å². The van der Waals surface area contributed by atoms with E-state index in [1.807, 2.05) is 6.08 Å². The van der Waals surface area contributed by atoms with E-state index >= 15 is 0 Å². The molecule has 0 aromatic heterocycles. The Bertz CT molecular complexity index is 782. The molecule has 0 heterocycles. The van der Waals surface area contributed by atoms with Crippen molar-refractivity contribution in [2.45, 2.75) is 66.9 Å². The predicted molar refractivity (Wildman–Crippen MR) is 156 cm³/mol. The highest BCUT2D eigenvalue weighted by Gasteiger charge is 2.16. The molecule has 0 saturated heterocycles. The number of carbonyl (C=O) groups is 1. The van der Waals surface area contributed by atoms with Gasteiger partial charge < -0.3 is 14.2 Å². The van der Waals surface area contributed by atoms with E-state index in [-0.39, 0.29) is 6.10 Å². The first-order chi connectivity index (χ1) is 16.8. The minimum atomic E-state index is 0.271. The first-order valence-corrected chi connectivity index (χ1v) is 12.7. The van der Waals surface area contributed by atoms with Crippen LogP contribution < -0.4 is 0 Å². The molecule has 0 rings (SSSR count). The highest BCUT2D eigenvalue weighted by Crippen LogP contribution is 2.27. The summed E-state index contributed by atoms with van der Waals surface area (Å²) in [7, 11) is 3.30. The summed E-state index contributed by atoms with van der Waals surface area (Å²) in [4.78, 5) is 9.41. The van der Waals surface area contributed by atoms with E-state index in [0.717, 1.165) is 54.4 Å². The molecule has 0 aliphatic heterocycles. The van der Waals surface area contributed by atoms with Gasteiger partial charge in [0.2, 0.25) is 0 Å². The lowest BCUT2D eigenvalue weighted by molar-refractivity contribution is -0.104. The Kier molecular flexibility index (Phi) is 20.6. The Morgan fingerprint density at radius 1 is 0.917 bits per heavy atom. The first-order valence-electron chi connectivity index (χ1n) is 12.7. The molecule has 0 spiro atoms. The van der Waals surface area contributed by atoms with E-state index in [2.05, 4.69) is 73.6 Å². The maximum absolute atomic E-state index is 9.41. The number of hydrogen-bond acceptors (Lipinski definition) is 4. The van der Waals surface area contributed by atoms with Gasteiger partial charge in [0, 0.05) is 13.7 Å². The van der Waals surface area contributed by atoms with E-state index in [9.17, 15) is 4.79 Å². The van der Waals surface area contributed by atoms with Crippen molar-refractivity contribution in [3.63, 3.8) is 0 Å². The van der Waals surface area contributed by atoms with E-state index in [1.165, 1.54) is 0 Å². The van der Waals surface area contributed by atoms with Crippen LogP contribution in [0.4, 0.5) is 0 Å². The van der Waals surface area contributed by atoms with Gasteiger partial charge in [-0.25, -0.2) is 0 Å². The van der Waals surface area contributed by atoms with Crippen LogP contribution in [0.5, 0.6) is 0 Å². The number of allylic oxidation sites excluding steroid dienone is 7. The van der Waals surface area contributed by atoms with Gasteiger partial charge in [-0.2, -0.15) is 0 Å². The summed E-state index contributed by atoms with van der Waals surface area (Å²) in [5, 5.41) is 0. The van der Waals surface area contributed by atoms with Crippen molar-refractivity contribution in [3.8, 4) is 0 Å². The quantitative estimate of drug-likeness (QED) is 0.0823. The molecule has 36 heavy (non-hydrogen) atoms. The van der Waals surface area contributed by atoms with Crippen LogP contribution in [0.15, 0.2) is 84.7 Å². The number of hydrogen-bond donors (Lipinski definition) is 0. The molecule has 0 bridgehead atoms. The van der Waals surface area contributed by atoms with Gasteiger partial charge in [-0.15, -0.1) is 0 Å². The largest absolute Gasteiger partial charge is 0.497 e. The monoisotopic (exact) mass is 500 g/mol. The Morgan fingerprint density at radius 3 is 1.97 bits per heavy atom. The molecule has 204 valence electrons. The Labute approximate surface area is 222 Å². The van der Waals surface area contributed by atoms with Gasteiger partial charge >= 0.3 is 0 Å². The Hall–Kier alpha value is -2.43. The molecule has 0 aliphatic carbocycles. The third-order valence-electron chi connectivity index (χ3n) is 5.83. The lowest BCUT2D eigenvalue weighted by Gasteiger charge is -2.23. The second-order valence-corrected chi connectivity index (χ2v) is 9.85. The summed E-state index contributed by atoms with van der Waals surface area (Å²) in [6.45, 7) is 34.0. The van der Waals surface area contributed by atoms with Crippen LogP contribution in [0.1, 0.15) is 60.8 Å². The molecule has 4 heteroatoms. The fraction of sp³-hybridized carbons (Fsp3) is 0.531. The lowest BCUT2D eigenvalue weighted by Crippen LogP contribution is -2.21. The molecular weight excluding hydrogens is 448 g/mol. The van der Waals surface area contributed by atoms with Crippen LogP contribution in [-0.4, -0.2) is 39.8 Å². The van der Waals surface area contributed by atoms with Crippen molar-refractivity contribution >= 4 is 6.29 Å². The normalized spacial score (nSPS) is 13.9. The molecular formula is C32H52O4. The molecule has 0 amide bonds. The van der Waals surface area contributed by atoms with Crippen LogP contribution in [0.25, 0.3) is 0 Å². The van der Waals surface area contributed by atoms with Crippen LogP contribution in [-0.2, 0) is 19.0 Å². The van der Waals surface area contributed by atoms with E-state index in [0.29, 0.717) is 35.7 Å². The number of aldehydes is 1. The van der Waals surface area contributed by atoms with Gasteiger partial charge in [-0.05, 0) is 79.2 Å². The number of carbonyl (C=O) groups excluding carboxylic acids is 1. The van der Waals surface area contributed by atoms with Gasteiger partial charge in [0.25, 0.3) is 0 Å². The van der Waals surface area contributed by atoms with Gasteiger partial charge in [0.05, 0.1) is 19.8 Å². The summed E-state index contributed by atoms with van der Waals surface area (Å²) in [6.07, 6.45) is 9.76. The highest BCUT2D eigenvalue weighted by molar-refractivity contribution is 5.70. The van der Waals surface area contributed by atoms with E-state index in [1.54, 1.807) is 27.2 Å². The second-order valence-electron chi connectivity index (χ2n) is 9.85. The molecule has 0 fully saturated rings. The minimum absolute atomic E-state index is 0.271. The Balaban J connectivity index is 0. The smallest absolute Gasteiger partial charge is 0.145 e. The number of methoxy groups -OCH3 is 2. The van der Waals surface area contributed by atoms with Crippen molar-refractivity contribution in [2.24, 2.45) is 17.8 Å². The summed E-state index contributed by atoms with van der Waals surface area (Å²) >= 11 is 0. The average Bonchev–Trinajstić information content (AvgIpc) is 2.85. The van der Waals surface area contributed by atoms with Gasteiger partial charge in [0.15, 0.2) is 0 Å². The standard InChI is InChI=1S/C28H46O3.C4H6O/c1-20(2)19-31-27(9)23(5)13-12-21(3)24(6)18-28(16-17-29-10)26(8)22(4)14-15-25(7)30-11;1-4(2)3-5/h14-15,18,20-21,23,27H,4,6-8,12-13,16-17,19H2,1-3,5,9-11H3;3H,1H2,2H3/b15-14-,28-18-;. The summed E-state index contributed by atoms with van der Waals surface area (Å²) in [5.74, 6) is 2.03. The zero-order valence-corrected chi connectivity index (χ0v) is 24.3. The van der Waals surface area contributed by atoms with Crippen molar-refractivity contribution in [1.29, 1.82) is 0 Å². The molecule has 0 aromatic carbocycles. The van der Waals surface area contributed by atoms with Gasteiger partial charge in [0.1, 0.15) is 12.0 Å². The third kappa shape index (κ3) is 17.9. The topological polar surface area (TPSA) is 44.8 Å². The molecule has 0 radical (unpaired) electrons. The van der Waals surface area contributed by atoms with Crippen molar-refractivity contribution in [2.75, 3.05) is 27.4 Å². The van der Waals surface area contributed by atoms with Crippen molar-refractivity contribution in [3.05, 3.63) is 84.7 Å². The zero-order chi connectivity index (χ0) is 28.3. The zero-order valence-electron chi connectivity index (χ0n) is 24.3. The van der Waals surface area contributed by atoms with Gasteiger partial charge in [-0.1, -0.05) is 78.3 Å². The summed E-state index contributed by atoms with van der Waals surface area (Å²) in [5.41, 5.74) is 4.48. The maximum Gasteiger partial charge on any atom is 0.145 e. The van der Waals surface area contributed by atoms with Crippen LogP contribution >= 0.6 is 0 Å². The van der Waals surface area contributed by atoms with Crippen LogP contribution in [0, 0.1) is 17.8 Å². The summed E-state index contributed by atoms with van der Waals surface area (Å²) in [6, 6.07) is 0. The molecule has 3 unspecified atom stereocenters. The fourth-order valence-corrected chi connectivity index (χ4v) is 2.90. The molecule has 0 saturated carbocycles. The molecule has 0 aliphatic rings. The van der Waals surface area contributed by atoms with Crippen molar-refractivity contribution < 1.29 is 19.0 Å². The molecule has 0 aromatic rings. The minimum Gasteiger partial charge on any atom is -0.497 e.